The lowest BCUT2D eigenvalue weighted by atomic mass is 9.95. The molecule has 3 aliphatic heterocycles. The molecule has 2 aromatic heterocycles. The van der Waals surface area contributed by atoms with E-state index in [1.165, 1.54) is 24.1 Å². The molecule has 5 amide bonds. The average molecular weight is 537 g/mol. The van der Waals surface area contributed by atoms with E-state index in [9.17, 15) is 23.6 Å². The molecule has 2 atom stereocenters. The van der Waals surface area contributed by atoms with Crippen LogP contribution in [0.4, 0.5) is 15.0 Å². The number of carbonyl (C=O) groups excluding carboxylic acids is 4. The molecule has 0 saturated carbocycles. The molecule has 0 radical (unpaired) electrons. The van der Waals surface area contributed by atoms with Crippen molar-refractivity contribution in [1.82, 2.24) is 20.5 Å². The Bertz CT molecular complexity index is 1560. The number of fused-ring (bicyclic) bond motifs is 2. The lowest BCUT2D eigenvalue weighted by Gasteiger charge is -2.32. The van der Waals surface area contributed by atoms with E-state index in [2.05, 4.69) is 15.6 Å². The van der Waals surface area contributed by atoms with Crippen molar-refractivity contribution in [2.45, 2.75) is 24.9 Å². The van der Waals surface area contributed by atoms with Crippen LogP contribution in [0.25, 0.3) is 11.1 Å². The van der Waals surface area contributed by atoms with E-state index in [0.717, 1.165) is 12.8 Å². The fourth-order valence-electron chi connectivity index (χ4n) is 5.54. The van der Waals surface area contributed by atoms with Gasteiger partial charge in [-0.3, -0.25) is 19.7 Å². The van der Waals surface area contributed by atoms with Gasteiger partial charge < -0.3 is 30.0 Å². The Labute approximate surface area is 221 Å². The molecule has 0 spiro atoms. The van der Waals surface area contributed by atoms with Crippen LogP contribution in [-0.2, 0) is 21.7 Å². The molecule has 0 bridgehead atoms. The highest BCUT2D eigenvalue weighted by molar-refractivity contribution is 6.08. The normalized spacial score (nSPS) is 22.7. The van der Waals surface area contributed by atoms with E-state index in [1.807, 2.05) is 4.90 Å². The van der Waals surface area contributed by atoms with Crippen LogP contribution in [0.3, 0.4) is 0 Å². The van der Waals surface area contributed by atoms with Gasteiger partial charge in [-0.1, -0.05) is 6.07 Å². The number of anilines is 1. The number of primary amides is 1. The van der Waals surface area contributed by atoms with Crippen molar-refractivity contribution in [2.75, 3.05) is 31.6 Å². The SMILES string of the molecule is COc1ccc2c(c1F)C(=O)N(CC1(c3cc4nc(N5CCCC(C(N)=O)C5)ccc4o3)NC(=O)NC1=O)C2. The summed E-state index contributed by atoms with van der Waals surface area (Å²) in [5.74, 6) is -2.15. The minimum absolute atomic E-state index is 0.0264. The lowest BCUT2D eigenvalue weighted by Crippen LogP contribution is -2.52. The van der Waals surface area contributed by atoms with Crippen LogP contribution in [-0.4, -0.2) is 60.4 Å². The number of piperidine rings is 1. The van der Waals surface area contributed by atoms with Crippen LogP contribution in [0.1, 0.15) is 34.5 Å². The van der Waals surface area contributed by atoms with Gasteiger partial charge in [-0.25, -0.2) is 14.2 Å². The monoisotopic (exact) mass is 536 g/mol. The second-order valence-electron chi connectivity index (χ2n) is 9.94. The summed E-state index contributed by atoms with van der Waals surface area (Å²) in [5, 5.41) is 4.82. The van der Waals surface area contributed by atoms with E-state index < -0.39 is 29.2 Å². The van der Waals surface area contributed by atoms with Gasteiger partial charge in [0, 0.05) is 25.7 Å². The van der Waals surface area contributed by atoms with Crippen LogP contribution >= 0.6 is 0 Å². The molecule has 2 fully saturated rings. The maximum Gasteiger partial charge on any atom is 0.322 e. The summed E-state index contributed by atoms with van der Waals surface area (Å²) in [5.41, 5.74) is 4.82. The van der Waals surface area contributed by atoms with Crippen molar-refractivity contribution >= 4 is 40.7 Å². The summed E-state index contributed by atoms with van der Waals surface area (Å²) in [6.45, 7) is 0.867. The predicted molar refractivity (Wildman–Crippen MR) is 134 cm³/mol. The highest BCUT2D eigenvalue weighted by Crippen LogP contribution is 2.36. The summed E-state index contributed by atoms with van der Waals surface area (Å²) in [4.78, 5) is 58.3. The van der Waals surface area contributed by atoms with Crippen LogP contribution in [0.2, 0.25) is 0 Å². The van der Waals surface area contributed by atoms with E-state index in [1.54, 1.807) is 18.2 Å². The molecule has 13 heteroatoms. The highest BCUT2D eigenvalue weighted by atomic mass is 19.1. The Kier molecular flexibility index (Phi) is 5.66. The molecule has 4 N–H and O–H groups in total. The van der Waals surface area contributed by atoms with E-state index in [4.69, 9.17) is 14.9 Å². The predicted octanol–water partition coefficient (Wildman–Crippen LogP) is 1.37. The fourth-order valence-corrected chi connectivity index (χ4v) is 5.54. The molecule has 2 saturated heterocycles. The Morgan fingerprint density at radius 3 is 2.82 bits per heavy atom. The Balaban J connectivity index is 1.34. The molecule has 3 aromatic rings. The molecule has 0 aliphatic carbocycles. The summed E-state index contributed by atoms with van der Waals surface area (Å²) in [6, 6.07) is 7.24. The number of pyridine rings is 1. The second kappa shape index (κ2) is 8.96. The Morgan fingerprint density at radius 2 is 2.10 bits per heavy atom. The first-order chi connectivity index (χ1) is 18.7. The number of rotatable bonds is 6. The number of amides is 5. The standard InChI is InChI=1S/C26H25FN6O6/c1-38-17-5-4-13-10-33(23(35)20(13)21(17)27)12-26(24(36)30-25(37)31-26)18-9-15-16(39-18)6-7-19(29-15)32-8-2-3-14(11-32)22(28)34/h4-7,9,14H,2-3,8,10-12H2,1H3,(H2,28,34)(H2,30,31,36,37). The number of nitrogens with two attached hydrogens (primary N) is 1. The minimum atomic E-state index is -1.77. The number of halogens is 1. The van der Waals surface area contributed by atoms with Crippen LogP contribution in [0.5, 0.6) is 5.75 Å². The van der Waals surface area contributed by atoms with Crippen molar-refractivity contribution in [1.29, 1.82) is 0 Å². The molecule has 2 unspecified atom stereocenters. The second-order valence-corrected chi connectivity index (χ2v) is 9.94. The number of benzene rings is 1. The molecule has 202 valence electrons. The molecule has 12 nitrogen and oxygen atoms in total. The van der Waals surface area contributed by atoms with Gasteiger partial charge in [-0.2, -0.15) is 0 Å². The van der Waals surface area contributed by atoms with E-state index in [-0.39, 0.29) is 42.0 Å². The number of methoxy groups -OCH3 is 1. The minimum Gasteiger partial charge on any atom is -0.494 e. The number of aromatic nitrogens is 1. The van der Waals surface area contributed by atoms with Crippen LogP contribution in [0.15, 0.2) is 34.7 Å². The van der Waals surface area contributed by atoms with Gasteiger partial charge >= 0.3 is 6.03 Å². The highest BCUT2D eigenvalue weighted by Gasteiger charge is 2.53. The van der Waals surface area contributed by atoms with Crippen molar-refractivity contribution in [2.24, 2.45) is 11.7 Å². The third kappa shape index (κ3) is 3.92. The van der Waals surface area contributed by atoms with Gasteiger partial charge in [-0.05, 0) is 36.6 Å². The van der Waals surface area contributed by atoms with Gasteiger partial charge in [0.25, 0.3) is 11.8 Å². The summed E-state index contributed by atoms with van der Waals surface area (Å²) < 4.78 is 25.9. The maximum atomic E-state index is 14.9. The number of ether oxygens (including phenoxy) is 1. The topological polar surface area (TPSA) is 160 Å². The third-order valence-corrected chi connectivity index (χ3v) is 7.57. The van der Waals surface area contributed by atoms with E-state index in [0.29, 0.717) is 35.6 Å². The van der Waals surface area contributed by atoms with Crippen molar-refractivity contribution in [3.63, 3.8) is 0 Å². The molecule has 6 rings (SSSR count). The van der Waals surface area contributed by atoms with Crippen LogP contribution in [0, 0.1) is 11.7 Å². The first-order valence-corrected chi connectivity index (χ1v) is 12.4. The average Bonchev–Trinajstić information content (AvgIpc) is 3.57. The first kappa shape index (κ1) is 24.6. The smallest absolute Gasteiger partial charge is 0.322 e. The number of nitrogens with zero attached hydrogens (tertiary/aromatic N) is 3. The number of imide groups is 1. The lowest BCUT2D eigenvalue weighted by molar-refractivity contribution is -0.125. The van der Waals surface area contributed by atoms with Crippen molar-refractivity contribution in [3.05, 3.63) is 53.0 Å². The molecular formula is C26H25FN6O6. The molecule has 39 heavy (non-hydrogen) atoms. The largest absolute Gasteiger partial charge is 0.494 e. The molecule has 1 aromatic carbocycles. The third-order valence-electron chi connectivity index (χ3n) is 7.57. The van der Waals surface area contributed by atoms with Crippen molar-refractivity contribution < 1.29 is 32.7 Å². The maximum absolute atomic E-state index is 14.9. The number of nitrogens with one attached hydrogen (secondary N) is 2. The zero-order valence-corrected chi connectivity index (χ0v) is 21.0. The summed E-state index contributed by atoms with van der Waals surface area (Å²) in [7, 11) is 1.30. The van der Waals surface area contributed by atoms with Gasteiger partial charge in [0.2, 0.25) is 5.91 Å². The zero-order chi connectivity index (χ0) is 27.5. The van der Waals surface area contributed by atoms with Gasteiger partial charge in [-0.15, -0.1) is 0 Å². The van der Waals surface area contributed by atoms with Gasteiger partial charge in [0.1, 0.15) is 17.1 Å². The number of carbonyl (C=O) groups is 4. The molecular weight excluding hydrogens is 511 g/mol. The number of furan rings is 1. The summed E-state index contributed by atoms with van der Waals surface area (Å²) >= 11 is 0. The van der Waals surface area contributed by atoms with Crippen molar-refractivity contribution in [3.8, 4) is 5.75 Å². The first-order valence-electron chi connectivity index (χ1n) is 12.4. The Hall–Kier alpha value is -4.68. The number of hydrogen-bond acceptors (Lipinski definition) is 8. The molecule has 3 aliphatic rings. The fraction of sp³-hybridized carbons (Fsp3) is 0.346. The Morgan fingerprint density at radius 1 is 1.28 bits per heavy atom. The van der Waals surface area contributed by atoms with E-state index >= 15 is 0 Å². The van der Waals surface area contributed by atoms with Gasteiger partial charge in [0.05, 0.1) is 25.1 Å². The quantitative estimate of drug-likeness (QED) is 0.398. The van der Waals surface area contributed by atoms with Gasteiger partial charge in [0.15, 0.2) is 22.7 Å². The summed E-state index contributed by atoms with van der Waals surface area (Å²) in [6.07, 6.45) is 1.51. The number of hydrogen-bond donors (Lipinski definition) is 3. The van der Waals surface area contributed by atoms with Crippen LogP contribution < -0.4 is 26.0 Å². The zero-order valence-electron chi connectivity index (χ0n) is 21.0. The molecule has 5 heterocycles. The number of urea groups is 1.